The molecule has 0 aromatic heterocycles. The Morgan fingerprint density at radius 3 is 1.15 bits per heavy atom. The average molecular weight is 616 g/mol. The molecular weight excluding hydrogens is 562 g/mol. The summed E-state index contributed by atoms with van der Waals surface area (Å²) in [7, 11) is 0. The highest BCUT2D eigenvalue weighted by Gasteiger charge is 2.11. The summed E-state index contributed by atoms with van der Waals surface area (Å²) >= 11 is 0. The molecule has 46 heavy (non-hydrogen) atoms. The van der Waals surface area contributed by atoms with Crippen LogP contribution < -0.4 is 4.90 Å². The molecule has 5 heteroatoms. The Morgan fingerprint density at radius 2 is 0.783 bits per heavy atom. The van der Waals surface area contributed by atoms with Crippen LogP contribution in [0.4, 0.5) is 28.4 Å². The van der Waals surface area contributed by atoms with E-state index < -0.39 is 0 Å². The standard InChI is InChI=1S/C41H53N5/c1-5-9-13-33(14-10-6-2)34-15-21-37(22-16-34)42-43-38-23-17-35(18-24-38)36-19-25-39(26-20-36)44-45-40-27-29-41(30-28-40)46(31-11-7-3)32-12-8-4/h15-30,33H,5-14,31-32H2,1-4H3. The third kappa shape index (κ3) is 11.0. The Kier molecular flexibility index (Phi) is 14.7. The number of rotatable bonds is 19. The van der Waals surface area contributed by atoms with Gasteiger partial charge in [0.05, 0.1) is 22.7 Å². The van der Waals surface area contributed by atoms with Gasteiger partial charge >= 0.3 is 0 Å². The van der Waals surface area contributed by atoms with Gasteiger partial charge < -0.3 is 4.90 Å². The van der Waals surface area contributed by atoms with Crippen molar-refractivity contribution in [2.45, 2.75) is 97.8 Å². The molecule has 0 aliphatic rings. The summed E-state index contributed by atoms with van der Waals surface area (Å²) in [5, 5.41) is 17.9. The van der Waals surface area contributed by atoms with Gasteiger partial charge in [-0.2, -0.15) is 20.5 Å². The number of azo groups is 2. The first-order valence-corrected chi connectivity index (χ1v) is 17.6. The van der Waals surface area contributed by atoms with E-state index in [2.05, 4.69) is 126 Å². The third-order valence-corrected chi connectivity index (χ3v) is 8.58. The van der Waals surface area contributed by atoms with Crippen LogP contribution in [0.3, 0.4) is 0 Å². The molecule has 0 amide bonds. The molecule has 0 bridgehead atoms. The first-order valence-electron chi connectivity index (χ1n) is 17.6. The zero-order valence-corrected chi connectivity index (χ0v) is 28.5. The molecule has 0 aliphatic carbocycles. The Hall–Kier alpha value is -4.12. The van der Waals surface area contributed by atoms with Crippen molar-refractivity contribution in [3.8, 4) is 11.1 Å². The fraction of sp³-hybridized carbons (Fsp3) is 0.415. The van der Waals surface area contributed by atoms with Crippen molar-refractivity contribution in [2.75, 3.05) is 18.0 Å². The Morgan fingerprint density at radius 1 is 0.435 bits per heavy atom. The molecule has 0 unspecified atom stereocenters. The number of unbranched alkanes of at least 4 members (excludes halogenated alkanes) is 4. The van der Waals surface area contributed by atoms with Crippen LogP contribution >= 0.6 is 0 Å². The first-order chi connectivity index (χ1) is 22.6. The van der Waals surface area contributed by atoms with Crippen LogP contribution in [-0.4, -0.2) is 13.1 Å². The van der Waals surface area contributed by atoms with Crippen LogP contribution in [0.2, 0.25) is 0 Å². The smallest absolute Gasteiger partial charge is 0.0858 e. The van der Waals surface area contributed by atoms with E-state index in [1.165, 1.54) is 75.5 Å². The van der Waals surface area contributed by atoms with Crippen molar-refractivity contribution in [3.05, 3.63) is 103 Å². The van der Waals surface area contributed by atoms with Gasteiger partial charge in [-0.05, 0) is 109 Å². The largest absolute Gasteiger partial charge is 0.372 e. The average Bonchev–Trinajstić information content (AvgIpc) is 3.11. The molecule has 0 saturated heterocycles. The Balaban J connectivity index is 1.32. The highest BCUT2D eigenvalue weighted by molar-refractivity contribution is 5.67. The Labute approximate surface area is 277 Å². The van der Waals surface area contributed by atoms with Gasteiger partial charge in [0.25, 0.3) is 0 Å². The normalized spacial score (nSPS) is 11.7. The highest BCUT2D eigenvalue weighted by Crippen LogP contribution is 2.31. The monoisotopic (exact) mass is 615 g/mol. The summed E-state index contributed by atoms with van der Waals surface area (Å²) in [5.74, 6) is 0.648. The van der Waals surface area contributed by atoms with E-state index in [9.17, 15) is 0 Å². The van der Waals surface area contributed by atoms with Gasteiger partial charge in [-0.1, -0.05) is 103 Å². The van der Waals surface area contributed by atoms with E-state index in [1.807, 2.05) is 24.3 Å². The minimum atomic E-state index is 0.648. The molecule has 5 nitrogen and oxygen atoms in total. The zero-order valence-electron chi connectivity index (χ0n) is 28.5. The summed E-state index contributed by atoms with van der Waals surface area (Å²) in [5.41, 5.74) is 8.37. The van der Waals surface area contributed by atoms with Gasteiger partial charge in [0.2, 0.25) is 0 Å². The predicted molar refractivity (Wildman–Crippen MR) is 197 cm³/mol. The molecule has 0 atom stereocenters. The van der Waals surface area contributed by atoms with Crippen molar-refractivity contribution in [1.82, 2.24) is 0 Å². The van der Waals surface area contributed by atoms with Crippen LogP contribution in [0.15, 0.2) is 118 Å². The molecule has 0 aliphatic heterocycles. The summed E-state index contributed by atoms with van der Waals surface area (Å²) < 4.78 is 0. The molecule has 0 radical (unpaired) electrons. The van der Waals surface area contributed by atoms with Crippen LogP contribution in [0.1, 0.15) is 103 Å². The molecule has 0 heterocycles. The molecule has 0 saturated carbocycles. The lowest BCUT2D eigenvalue weighted by molar-refractivity contribution is 0.525. The van der Waals surface area contributed by atoms with E-state index in [-0.39, 0.29) is 0 Å². The highest BCUT2D eigenvalue weighted by atomic mass is 15.1. The maximum Gasteiger partial charge on any atom is 0.0858 e. The Bertz CT molecular complexity index is 1320. The minimum Gasteiger partial charge on any atom is -0.372 e. The number of anilines is 1. The molecule has 4 rings (SSSR count). The second kappa shape index (κ2) is 19.4. The maximum atomic E-state index is 4.50. The van der Waals surface area contributed by atoms with Gasteiger partial charge in [-0.25, -0.2) is 0 Å². The summed E-state index contributed by atoms with van der Waals surface area (Å²) in [4.78, 5) is 2.48. The van der Waals surface area contributed by atoms with Crippen LogP contribution in [0.25, 0.3) is 11.1 Å². The minimum absolute atomic E-state index is 0.648. The lowest BCUT2D eigenvalue weighted by atomic mass is 9.89. The molecule has 0 fully saturated rings. The van der Waals surface area contributed by atoms with Gasteiger partial charge in [-0.15, -0.1) is 0 Å². The van der Waals surface area contributed by atoms with Gasteiger partial charge in [0.15, 0.2) is 0 Å². The fourth-order valence-corrected chi connectivity index (χ4v) is 5.66. The summed E-state index contributed by atoms with van der Waals surface area (Å²) in [6.45, 7) is 11.2. The summed E-state index contributed by atoms with van der Waals surface area (Å²) in [6.07, 6.45) is 12.4. The van der Waals surface area contributed by atoms with E-state index in [4.69, 9.17) is 0 Å². The second-order valence-corrected chi connectivity index (χ2v) is 12.3. The third-order valence-electron chi connectivity index (χ3n) is 8.58. The van der Waals surface area contributed by atoms with Crippen molar-refractivity contribution in [2.24, 2.45) is 20.5 Å². The van der Waals surface area contributed by atoms with E-state index in [0.29, 0.717) is 5.92 Å². The molecule has 4 aromatic carbocycles. The van der Waals surface area contributed by atoms with Crippen molar-refractivity contribution in [3.63, 3.8) is 0 Å². The molecule has 4 aromatic rings. The number of hydrogen-bond acceptors (Lipinski definition) is 5. The quantitative estimate of drug-likeness (QED) is 0.0968. The van der Waals surface area contributed by atoms with Crippen LogP contribution in [0.5, 0.6) is 0 Å². The maximum absolute atomic E-state index is 4.50. The fourth-order valence-electron chi connectivity index (χ4n) is 5.66. The molecule has 0 N–H and O–H groups in total. The first kappa shape index (κ1) is 34.7. The number of hydrogen-bond donors (Lipinski definition) is 0. The zero-order chi connectivity index (χ0) is 32.4. The molecular formula is C41H53N5. The predicted octanol–water partition coefficient (Wildman–Crippen LogP) is 14.1. The van der Waals surface area contributed by atoms with Crippen molar-refractivity contribution in [1.29, 1.82) is 0 Å². The van der Waals surface area contributed by atoms with Crippen molar-refractivity contribution < 1.29 is 0 Å². The van der Waals surface area contributed by atoms with Gasteiger partial charge in [-0.3, -0.25) is 0 Å². The van der Waals surface area contributed by atoms with Crippen LogP contribution in [-0.2, 0) is 0 Å². The van der Waals surface area contributed by atoms with Crippen molar-refractivity contribution >= 4 is 28.4 Å². The lowest BCUT2D eigenvalue weighted by Crippen LogP contribution is -2.25. The topological polar surface area (TPSA) is 52.7 Å². The number of benzene rings is 4. The summed E-state index contributed by atoms with van der Waals surface area (Å²) in [6, 6.07) is 33.5. The second-order valence-electron chi connectivity index (χ2n) is 12.3. The van der Waals surface area contributed by atoms with E-state index in [1.54, 1.807) is 0 Å². The SMILES string of the molecule is CCCCC(CCCC)c1ccc(N=Nc2ccc(-c3ccc(N=Nc4ccc(N(CCCC)CCCC)cc4)cc3)cc2)cc1. The lowest BCUT2D eigenvalue weighted by Gasteiger charge is -2.24. The van der Waals surface area contributed by atoms with E-state index >= 15 is 0 Å². The van der Waals surface area contributed by atoms with Crippen LogP contribution in [0, 0.1) is 0 Å². The molecule has 242 valence electrons. The van der Waals surface area contributed by atoms with E-state index in [0.717, 1.165) is 47.0 Å². The van der Waals surface area contributed by atoms with Gasteiger partial charge in [0, 0.05) is 18.8 Å². The van der Waals surface area contributed by atoms with Gasteiger partial charge in [0.1, 0.15) is 0 Å². The number of nitrogens with zero attached hydrogens (tertiary/aromatic N) is 5. The molecule has 0 spiro atoms.